The highest BCUT2D eigenvalue weighted by Crippen LogP contribution is 2.38. The number of hydrogen-bond donors (Lipinski definition) is 1. The molecule has 94 valence electrons. The number of fused-ring (bicyclic) bond motifs is 1. The number of rotatable bonds is 1. The molecule has 0 unspecified atom stereocenters. The molecule has 1 aliphatic rings. The van der Waals surface area contributed by atoms with Crippen LogP contribution in [0.15, 0.2) is 24.3 Å². The zero-order valence-corrected chi connectivity index (χ0v) is 11.0. The molecule has 0 amide bonds. The minimum absolute atomic E-state index is 0.316. The first-order chi connectivity index (χ1) is 8.75. The number of benzene rings is 1. The molecule has 1 saturated carbocycles. The lowest BCUT2D eigenvalue weighted by molar-refractivity contribution is 0.407. The predicted octanol–water partition coefficient (Wildman–Crippen LogP) is 4.64. The van der Waals surface area contributed by atoms with Crippen LogP contribution in [0.2, 0.25) is 5.02 Å². The lowest BCUT2D eigenvalue weighted by Crippen LogP contribution is -2.07. The van der Waals surface area contributed by atoms with Gasteiger partial charge in [-0.1, -0.05) is 43.0 Å². The van der Waals surface area contributed by atoms with Crippen molar-refractivity contribution in [3.63, 3.8) is 0 Å². The number of halogens is 1. The van der Waals surface area contributed by atoms with Crippen molar-refractivity contribution in [2.45, 2.75) is 38.0 Å². The van der Waals surface area contributed by atoms with Crippen LogP contribution in [-0.2, 0) is 0 Å². The van der Waals surface area contributed by atoms with E-state index in [1.807, 2.05) is 18.2 Å². The van der Waals surface area contributed by atoms with Crippen LogP contribution in [0.3, 0.4) is 0 Å². The van der Waals surface area contributed by atoms with E-state index in [-0.39, 0.29) is 0 Å². The molecule has 1 aliphatic carbocycles. The SMILES string of the molecule is Oc1cc2cccc(Cl)c2nc1C1CCCCC1. The first-order valence-corrected chi connectivity index (χ1v) is 6.91. The van der Waals surface area contributed by atoms with Crippen LogP contribution in [0.5, 0.6) is 5.75 Å². The molecule has 0 saturated heterocycles. The minimum Gasteiger partial charge on any atom is -0.506 e. The van der Waals surface area contributed by atoms with Gasteiger partial charge in [-0.3, -0.25) is 0 Å². The van der Waals surface area contributed by atoms with Gasteiger partial charge in [-0.2, -0.15) is 0 Å². The van der Waals surface area contributed by atoms with E-state index in [9.17, 15) is 5.11 Å². The molecule has 1 aromatic heterocycles. The first kappa shape index (κ1) is 11.8. The van der Waals surface area contributed by atoms with Crippen molar-refractivity contribution in [3.05, 3.63) is 35.0 Å². The normalized spacial score (nSPS) is 17.2. The monoisotopic (exact) mass is 261 g/mol. The van der Waals surface area contributed by atoms with Gasteiger partial charge in [0, 0.05) is 11.3 Å². The average molecular weight is 262 g/mol. The molecule has 0 atom stereocenters. The smallest absolute Gasteiger partial charge is 0.138 e. The Labute approximate surface area is 112 Å². The Morgan fingerprint density at radius 2 is 1.94 bits per heavy atom. The van der Waals surface area contributed by atoms with Crippen LogP contribution in [0.25, 0.3) is 10.9 Å². The van der Waals surface area contributed by atoms with E-state index in [0.29, 0.717) is 16.7 Å². The van der Waals surface area contributed by atoms with Crippen LogP contribution < -0.4 is 0 Å². The molecule has 0 bridgehead atoms. The predicted molar refractivity (Wildman–Crippen MR) is 74.2 cm³/mol. The van der Waals surface area contributed by atoms with Crippen molar-refractivity contribution < 1.29 is 5.11 Å². The minimum atomic E-state index is 0.316. The summed E-state index contributed by atoms with van der Waals surface area (Å²) in [4.78, 5) is 4.62. The number of aromatic nitrogens is 1. The van der Waals surface area contributed by atoms with Crippen molar-refractivity contribution in [1.29, 1.82) is 0 Å². The van der Waals surface area contributed by atoms with Gasteiger partial charge in [0.1, 0.15) is 5.75 Å². The van der Waals surface area contributed by atoms with E-state index in [1.54, 1.807) is 6.07 Å². The van der Waals surface area contributed by atoms with Crippen LogP contribution in [0.4, 0.5) is 0 Å². The summed E-state index contributed by atoms with van der Waals surface area (Å²) in [5.74, 6) is 0.705. The van der Waals surface area contributed by atoms with Gasteiger partial charge in [-0.05, 0) is 25.0 Å². The third-order valence-corrected chi connectivity index (χ3v) is 4.10. The third kappa shape index (κ3) is 2.05. The molecule has 0 radical (unpaired) electrons. The zero-order valence-electron chi connectivity index (χ0n) is 10.2. The highest BCUT2D eigenvalue weighted by molar-refractivity contribution is 6.35. The molecule has 1 N–H and O–H groups in total. The second kappa shape index (κ2) is 4.77. The fourth-order valence-electron chi connectivity index (χ4n) is 2.84. The van der Waals surface area contributed by atoms with E-state index in [1.165, 1.54) is 19.3 Å². The maximum atomic E-state index is 10.1. The third-order valence-electron chi connectivity index (χ3n) is 3.80. The summed E-state index contributed by atoms with van der Waals surface area (Å²) >= 11 is 6.18. The summed E-state index contributed by atoms with van der Waals surface area (Å²) in [6.07, 6.45) is 6.00. The average Bonchev–Trinajstić information content (AvgIpc) is 2.39. The topological polar surface area (TPSA) is 33.1 Å². The van der Waals surface area contributed by atoms with Gasteiger partial charge in [0.2, 0.25) is 0 Å². The Morgan fingerprint density at radius 3 is 2.72 bits per heavy atom. The Hall–Kier alpha value is -1.28. The van der Waals surface area contributed by atoms with Crippen molar-refractivity contribution in [2.75, 3.05) is 0 Å². The molecule has 2 aromatic rings. The second-order valence-electron chi connectivity index (χ2n) is 5.04. The summed E-state index contributed by atoms with van der Waals surface area (Å²) in [7, 11) is 0. The number of aromatic hydroxyl groups is 1. The van der Waals surface area contributed by atoms with Crippen molar-refractivity contribution in [1.82, 2.24) is 4.98 Å². The van der Waals surface area contributed by atoms with Crippen molar-refractivity contribution in [2.24, 2.45) is 0 Å². The van der Waals surface area contributed by atoms with E-state index in [4.69, 9.17) is 11.6 Å². The maximum Gasteiger partial charge on any atom is 0.138 e. The zero-order chi connectivity index (χ0) is 12.5. The maximum absolute atomic E-state index is 10.1. The Balaban J connectivity index is 2.11. The van der Waals surface area contributed by atoms with Crippen LogP contribution >= 0.6 is 11.6 Å². The quantitative estimate of drug-likeness (QED) is 0.811. The summed E-state index contributed by atoms with van der Waals surface area (Å²) in [5.41, 5.74) is 1.63. The number of para-hydroxylation sites is 1. The molecule has 3 heteroatoms. The standard InChI is InChI=1S/C15H16ClNO/c16-12-8-4-7-11-9-13(18)15(17-14(11)12)10-5-2-1-3-6-10/h4,7-10,18H,1-3,5-6H2. The summed E-state index contributed by atoms with van der Waals surface area (Å²) in [6.45, 7) is 0. The number of nitrogens with zero attached hydrogens (tertiary/aromatic N) is 1. The van der Waals surface area contributed by atoms with E-state index in [2.05, 4.69) is 4.98 Å². The molecule has 0 spiro atoms. The van der Waals surface area contributed by atoms with Crippen molar-refractivity contribution >= 4 is 22.5 Å². The van der Waals surface area contributed by atoms with Gasteiger partial charge < -0.3 is 5.11 Å². The molecule has 1 fully saturated rings. The largest absolute Gasteiger partial charge is 0.506 e. The van der Waals surface area contributed by atoms with Crippen LogP contribution in [0, 0.1) is 0 Å². The lowest BCUT2D eigenvalue weighted by Gasteiger charge is -2.22. The molecular formula is C15H16ClNO. The van der Waals surface area contributed by atoms with Gasteiger partial charge in [-0.15, -0.1) is 0 Å². The second-order valence-corrected chi connectivity index (χ2v) is 5.45. The van der Waals surface area contributed by atoms with E-state index >= 15 is 0 Å². The Bertz CT molecular complexity index is 576. The summed E-state index contributed by atoms with van der Waals surface area (Å²) in [6, 6.07) is 7.45. The van der Waals surface area contributed by atoms with Gasteiger partial charge in [0.15, 0.2) is 0 Å². The molecular weight excluding hydrogens is 246 g/mol. The number of hydrogen-bond acceptors (Lipinski definition) is 2. The van der Waals surface area contributed by atoms with Gasteiger partial charge in [-0.25, -0.2) is 4.98 Å². The van der Waals surface area contributed by atoms with Crippen LogP contribution in [-0.4, -0.2) is 10.1 Å². The fraction of sp³-hybridized carbons (Fsp3) is 0.400. The number of pyridine rings is 1. The van der Waals surface area contributed by atoms with Gasteiger partial charge in [0.05, 0.1) is 16.2 Å². The van der Waals surface area contributed by atoms with E-state index in [0.717, 1.165) is 29.4 Å². The molecule has 3 rings (SSSR count). The summed E-state index contributed by atoms with van der Waals surface area (Å²) < 4.78 is 0. The summed E-state index contributed by atoms with van der Waals surface area (Å²) in [5, 5.41) is 11.7. The fourth-order valence-corrected chi connectivity index (χ4v) is 3.07. The first-order valence-electron chi connectivity index (χ1n) is 6.54. The van der Waals surface area contributed by atoms with Gasteiger partial charge >= 0.3 is 0 Å². The highest BCUT2D eigenvalue weighted by Gasteiger charge is 2.20. The lowest BCUT2D eigenvalue weighted by atomic mass is 9.86. The Kier molecular flexibility index (Phi) is 3.13. The van der Waals surface area contributed by atoms with Crippen LogP contribution in [0.1, 0.15) is 43.7 Å². The molecule has 0 aliphatic heterocycles. The van der Waals surface area contributed by atoms with E-state index < -0.39 is 0 Å². The molecule has 2 nitrogen and oxygen atoms in total. The molecule has 1 heterocycles. The van der Waals surface area contributed by atoms with Crippen molar-refractivity contribution in [3.8, 4) is 5.75 Å². The highest BCUT2D eigenvalue weighted by atomic mass is 35.5. The Morgan fingerprint density at radius 1 is 1.17 bits per heavy atom. The molecule has 18 heavy (non-hydrogen) atoms. The molecule has 1 aromatic carbocycles. The van der Waals surface area contributed by atoms with Gasteiger partial charge in [0.25, 0.3) is 0 Å².